The van der Waals surface area contributed by atoms with E-state index in [0.717, 1.165) is 31.2 Å². The number of thioether (sulfide) groups is 1. The predicted octanol–water partition coefficient (Wildman–Crippen LogP) is 0.782. The lowest BCUT2D eigenvalue weighted by atomic mass is 10.2. The lowest BCUT2D eigenvalue weighted by Crippen LogP contribution is -2.24. The molecule has 1 atom stereocenters. The van der Waals surface area contributed by atoms with Gasteiger partial charge in [0, 0.05) is 12.3 Å². The van der Waals surface area contributed by atoms with Crippen molar-refractivity contribution in [1.82, 2.24) is 25.5 Å². The van der Waals surface area contributed by atoms with Crippen LogP contribution in [-0.4, -0.2) is 50.3 Å². The zero-order valence-corrected chi connectivity index (χ0v) is 12.2. The first kappa shape index (κ1) is 15.4. The molecule has 2 N–H and O–H groups in total. The first-order valence-electron chi connectivity index (χ1n) is 6.41. The Hall–Kier alpha value is -0.660. The van der Waals surface area contributed by atoms with Crippen molar-refractivity contribution in [3.8, 4) is 0 Å². The van der Waals surface area contributed by atoms with Crippen molar-refractivity contribution in [1.29, 1.82) is 0 Å². The van der Waals surface area contributed by atoms with Gasteiger partial charge >= 0.3 is 0 Å². The van der Waals surface area contributed by atoms with Crippen LogP contribution in [0.5, 0.6) is 0 Å². The highest BCUT2D eigenvalue weighted by Gasteiger charge is 2.09. The molecule has 1 unspecified atom stereocenters. The molecule has 0 aromatic carbocycles. The molecule has 0 bridgehead atoms. The molecule has 18 heavy (non-hydrogen) atoms. The second-order valence-electron chi connectivity index (χ2n) is 4.66. The third-order valence-corrected chi connectivity index (χ3v) is 3.53. The van der Waals surface area contributed by atoms with Gasteiger partial charge in [-0.2, -0.15) is 0 Å². The van der Waals surface area contributed by atoms with Crippen LogP contribution in [0, 0.1) is 5.92 Å². The van der Waals surface area contributed by atoms with Crippen molar-refractivity contribution < 1.29 is 5.11 Å². The van der Waals surface area contributed by atoms with E-state index in [2.05, 4.69) is 34.7 Å². The summed E-state index contributed by atoms with van der Waals surface area (Å²) in [6.45, 7) is 8.93. The Morgan fingerprint density at radius 3 is 2.89 bits per heavy atom. The monoisotopic (exact) mass is 273 g/mol. The van der Waals surface area contributed by atoms with Gasteiger partial charge in [-0.15, -0.1) is 5.10 Å². The van der Waals surface area contributed by atoms with E-state index in [9.17, 15) is 5.11 Å². The van der Waals surface area contributed by atoms with Gasteiger partial charge in [0.2, 0.25) is 5.16 Å². The maximum atomic E-state index is 9.51. The smallest absolute Gasteiger partial charge is 0.209 e. The third-order valence-electron chi connectivity index (χ3n) is 2.43. The van der Waals surface area contributed by atoms with Crippen molar-refractivity contribution in [2.75, 3.05) is 18.8 Å². The van der Waals surface area contributed by atoms with Gasteiger partial charge in [-0.3, -0.25) is 0 Å². The summed E-state index contributed by atoms with van der Waals surface area (Å²) in [6.07, 6.45) is 0.462. The van der Waals surface area contributed by atoms with Crippen LogP contribution >= 0.6 is 11.8 Å². The molecule has 0 radical (unpaired) electrons. The van der Waals surface area contributed by atoms with E-state index in [1.165, 1.54) is 11.8 Å². The Bertz CT molecular complexity index is 331. The minimum Gasteiger partial charge on any atom is -0.392 e. The van der Waals surface area contributed by atoms with Crippen molar-refractivity contribution >= 4 is 11.8 Å². The molecule has 0 saturated heterocycles. The molecule has 0 aliphatic rings. The molecule has 0 aliphatic carbocycles. The van der Waals surface area contributed by atoms with Gasteiger partial charge in [-0.1, -0.05) is 32.5 Å². The summed E-state index contributed by atoms with van der Waals surface area (Å²) in [6, 6.07) is 0. The zero-order valence-electron chi connectivity index (χ0n) is 11.3. The average Bonchev–Trinajstić information content (AvgIpc) is 2.79. The van der Waals surface area contributed by atoms with Crippen molar-refractivity contribution in [2.45, 2.75) is 45.0 Å². The number of aliphatic hydroxyl groups is 1. The molecule has 104 valence electrons. The second-order valence-corrected chi connectivity index (χ2v) is 5.64. The highest BCUT2D eigenvalue weighted by molar-refractivity contribution is 7.99. The zero-order chi connectivity index (χ0) is 13.4. The van der Waals surface area contributed by atoms with Crippen LogP contribution in [-0.2, 0) is 6.54 Å². The lowest BCUT2D eigenvalue weighted by molar-refractivity contribution is 0.195. The van der Waals surface area contributed by atoms with E-state index in [-0.39, 0.29) is 6.10 Å². The van der Waals surface area contributed by atoms with Crippen LogP contribution in [0.3, 0.4) is 0 Å². The molecule has 1 rings (SSSR count). The molecule has 0 spiro atoms. The molecule has 6 nitrogen and oxygen atoms in total. The van der Waals surface area contributed by atoms with E-state index in [4.69, 9.17) is 0 Å². The number of tetrazole rings is 1. The summed E-state index contributed by atoms with van der Waals surface area (Å²) in [5, 5.41) is 25.2. The van der Waals surface area contributed by atoms with E-state index < -0.39 is 0 Å². The highest BCUT2D eigenvalue weighted by Crippen LogP contribution is 2.15. The summed E-state index contributed by atoms with van der Waals surface area (Å²) in [4.78, 5) is 0. The SMILES string of the molecule is CCC(O)CSc1nnnn1CCNCC(C)C. The molecular weight excluding hydrogens is 250 g/mol. The van der Waals surface area contributed by atoms with E-state index in [1.807, 2.05) is 6.92 Å². The average molecular weight is 273 g/mol. The Morgan fingerprint density at radius 1 is 1.44 bits per heavy atom. The molecule has 0 aliphatic heterocycles. The van der Waals surface area contributed by atoms with Crippen LogP contribution in [0.15, 0.2) is 5.16 Å². The Kier molecular flexibility index (Phi) is 7.22. The van der Waals surface area contributed by atoms with Crippen LogP contribution in [0.4, 0.5) is 0 Å². The molecular formula is C11H23N5OS. The number of hydrogen-bond acceptors (Lipinski definition) is 6. The molecule has 0 amide bonds. The number of aliphatic hydroxyl groups excluding tert-OH is 1. The normalized spacial score (nSPS) is 13.2. The fraction of sp³-hybridized carbons (Fsp3) is 0.909. The van der Waals surface area contributed by atoms with Gasteiger partial charge in [0.05, 0.1) is 12.6 Å². The first-order chi connectivity index (χ1) is 8.63. The molecule has 1 aromatic rings. The summed E-state index contributed by atoms with van der Waals surface area (Å²) < 4.78 is 1.78. The van der Waals surface area contributed by atoms with Crippen molar-refractivity contribution in [3.05, 3.63) is 0 Å². The number of rotatable bonds is 9. The first-order valence-corrected chi connectivity index (χ1v) is 7.39. The molecule has 7 heteroatoms. The van der Waals surface area contributed by atoms with Gasteiger partial charge in [0.1, 0.15) is 0 Å². The fourth-order valence-electron chi connectivity index (χ4n) is 1.30. The van der Waals surface area contributed by atoms with Gasteiger partial charge in [-0.05, 0) is 29.3 Å². The van der Waals surface area contributed by atoms with Gasteiger partial charge in [-0.25, -0.2) is 4.68 Å². The summed E-state index contributed by atoms with van der Waals surface area (Å²) in [5.74, 6) is 1.28. The molecule has 0 fully saturated rings. The van der Waals surface area contributed by atoms with Crippen molar-refractivity contribution in [2.24, 2.45) is 5.92 Å². The minimum absolute atomic E-state index is 0.292. The van der Waals surface area contributed by atoms with E-state index in [0.29, 0.717) is 11.7 Å². The maximum absolute atomic E-state index is 9.51. The van der Waals surface area contributed by atoms with Crippen LogP contribution in [0.25, 0.3) is 0 Å². The quantitative estimate of drug-likeness (QED) is 0.511. The highest BCUT2D eigenvalue weighted by atomic mass is 32.2. The van der Waals surface area contributed by atoms with Crippen molar-refractivity contribution in [3.63, 3.8) is 0 Å². The van der Waals surface area contributed by atoms with E-state index in [1.54, 1.807) is 4.68 Å². The number of aromatic nitrogens is 4. The van der Waals surface area contributed by atoms with Crippen LogP contribution in [0.1, 0.15) is 27.2 Å². The Balaban J connectivity index is 2.31. The Morgan fingerprint density at radius 2 is 2.22 bits per heavy atom. The molecule has 1 aromatic heterocycles. The largest absolute Gasteiger partial charge is 0.392 e. The fourth-order valence-corrected chi connectivity index (χ4v) is 2.25. The number of hydrogen-bond donors (Lipinski definition) is 2. The number of nitrogens with zero attached hydrogens (tertiary/aromatic N) is 4. The standard InChI is InChI=1S/C11H23N5OS/c1-4-10(17)8-18-11-13-14-15-16(11)6-5-12-7-9(2)3/h9-10,12,17H,4-8H2,1-3H3. The summed E-state index contributed by atoms with van der Waals surface area (Å²) in [7, 11) is 0. The molecule has 0 saturated carbocycles. The summed E-state index contributed by atoms with van der Waals surface area (Å²) >= 11 is 1.50. The minimum atomic E-state index is -0.292. The summed E-state index contributed by atoms with van der Waals surface area (Å²) in [5.41, 5.74) is 0. The van der Waals surface area contributed by atoms with E-state index >= 15 is 0 Å². The Labute approximate surface area is 113 Å². The lowest BCUT2D eigenvalue weighted by Gasteiger charge is -2.09. The van der Waals surface area contributed by atoms with Gasteiger partial charge < -0.3 is 10.4 Å². The van der Waals surface area contributed by atoms with Crippen LogP contribution in [0.2, 0.25) is 0 Å². The molecule has 1 heterocycles. The van der Waals surface area contributed by atoms with Gasteiger partial charge in [0.25, 0.3) is 0 Å². The topological polar surface area (TPSA) is 75.9 Å². The second kappa shape index (κ2) is 8.44. The third kappa shape index (κ3) is 5.79. The number of nitrogens with one attached hydrogen (secondary N) is 1. The maximum Gasteiger partial charge on any atom is 0.209 e. The van der Waals surface area contributed by atoms with Gasteiger partial charge in [0.15, 0.2) is 0 Å². The predicted molar refractivity (Wildman–Crippen MR) is 72.5 cm³/mol. The van der Waals surface area contributed by atoms with Crippen LogP contribution < -0.4 is 5.32 Å².